The van der Waals surface area contributed by atoms with Crippen LogP contribution in [-0.2, 0) is 30.4 Å². The standard InChI is InChI=1S/C27H30N4O5S2/c1-4-21-17-36-13-12-30(21)27-16-20(18-37(3,32)33)15-24(29-27)23-10-11-26-25(28-23)14-19(2)31(26)38(34,35)22-8-6-5-7-9-22/h5-11,14-16,21H,4,12-13,17-18H2,1-3H3. The van der Waals surface area contributed by atoms with E-state index in [4.69, 9.17) is 14.7 Å². The minimum atomic E-state index is -3.81. The van der Waals surface area contributed by atoms with Gasteiger partial charge >= 0.3 is 0 Å². The van der Waals surface area contributed by atoms with Gasteiger partial charge in [-0.15, -0.1) is 0 Å². The first kappa shape index (κ1) is 26.3. The van der Waals surface area contributed by atoms with Crippen molar-refractivity contribution < 1.29 is 21.6 Å². The van der Waals surface area contributed by atoms with Gasteiger partial charge in [0, 0.05) is 18.5 Å². The largest absolute Gasteiger partial charge is 0.377 e. The number of hydrogen-bond acceptors (Lipinski definition) is 8. The van der Waals surface area contributed by atoms with Crippen LogP contribution in [-0.4, -0.2) is 62.8 Å². The van der Waals surface area contributed by atoms with Crippen molar-refractivity contribution in [2.24, 2.45) is 0 Å². The monoisotopic (exact) mass is 554 g/mol. The topological polar surface area (TPSA) is 111 Å². The Morgan fingerprint density at radius 2 is 1.74 bits per heavy atom. The summed E-state index contributed by atoms with van der Waals surface area (Å²) >= 11 is 0. The van der Waals surface area contributed by atoms with Crippen LogP contribution in [0.2, 0.25) is 0 Å². The summed E-state index contributed by atoms with van der Waals surface area (Å²) in [5, 5.41) is 0. The highest BCUT2D eigenvalue weighted by Gasteiger charge is 2.25. The van der Waals surface area contributed by atoms with Crippen molar-refractivity contribution in [2.45, 2.75) is 37.0 Å². The Morgan fingerprint density at radius 3 is 2.45 bits per heavy atom. The first-order valence-corrected chi connectivity index (χ1v) is 15.9. The molecule has 0 aliphatic carbocycles. The Labute approximate surface area is 223 Å². The number of hydrogen-bond donors (Lipinski definition) is 0. The molecule has 1 aromatic carbocycles. The van der Waals surface area contributed by atoms with E-state index in [1.165, 1.54) is 10.2 Å². The number of fused-ring (bicyclic) bond motifs is 1. The number of rotatable bonds is 7. The van der Waals surface area contributed by atoms with Crippen LogP contribution >= 0.6 is 0 Å². The van der Waals surface area contributed by atoms with Crippen LogP contribution < -0.4 is 4.90 Å². The van der Waals surface area contributed by atoms with Gasteiger partial charge in [-0.2, -0.15) is 0 Å². The van der Waals surface area contributed by atoms with Crippen LogP contribution in [0.3, 0.4) is 0 Å². The maximum Gasteiger partial charge on any atom is 0.268 e. The fourth-order valence-corrected chi connectivity index (χ4v) is 7.21. The zero-order chi connectivity index (χ0) is 27.1. The summed E-state index contributed by atoms with van der Waals surface area (Å²) in [5.74, 6) is 0.558. The molecule has 1 aliphatic heterocycles. The molecule has 0 amide bonds. The lowest BCUT2D eigenvalue weighted by Crippen LogP contribution is -2.45. The molecule has 0 bridgehead atoms. The number of pyridine rings is 2. The van der Waals surface area contributed by atoms with Crippen molar-refractivity contribution in [3.8, 4) is 11.4 Å². The highest BCUT2D eigenvalue weighted by atomic mass is 32.2. The van der Waals surface area contributed by atoms with Gasteiger partial charge in [0.05, 0.1) is 52.3 Å². The smallest absolute Gasteiger partial charge is 0.268 e. The zero-order valence-corrected chi connectivity index (χ0v) is 23.2. The maximum atomic E-state index is 13.4. The average Bonchev–Trinajstić information content (AvgIpc) is 3.23. The Bertz CT molecular complexity index is 1700. The summed E-state index contributed by atoms with van der Waals surface area (Å²) in [6.07, 6.45) is 2.07. The molecule has 0 saturated carbocycles. The molecule has 200 valence electrons. The van der Waals surface area contributed by atoms with E-state index >= 15 is 0 Å². The first-order chi connectivity index (χ1) is 18.1. The number of morpholine rings is 1. The molecule has 1 unspecified atom stereocenters. The predicted molar refractivity (Wildman–Crippen MR) is 148 cm³/mol. The van der Waals surface area contributed by atoms with Crippen LogP contribution in [0.5, 0.6) is 0 Å². The fourth-order valence-electron chi connectivity index (χ4n) is 4.88. The van der Waals surface area contributed by atoms with E-state index in [1.807, 2.05) is 6.07 Å². The number of aryl methyl sites for hydroxylation is 1. The number of sulfone groups is 1. The maximum absolute atomic E-state index is 13.4. The fraction of sp³-hybridized carbons (Fsp3) is 0.333. The molecule has 4 heterocycles. The normalized spacial score (nSPS) is 16.7. The molecule has 1 atom stereocenters. The lowest BCUT2D eigenvalue weighted by molar-refractivity contribution is 0.0926. The molecule has 0 radical (unpaired) electrons. The van der Waals surface area contributed by atoms with E-state index in [9.17, 15) is 16.8 Å². The molecule has 11 heteroatoms. The molecule has 1 saturated heterocycles. The Balaban J connectivity index is 1.62. The van der Waals surface area contributed by atoms with E-state index in [2.05, 4.69) is 11.8 Å². The molecular formula is C27H30N4O5S2. The molecule has 9 nitrogen and oxygen atoms in total. The Kier molecular flexibility index (Phi) is 7.01. The lowest BCUT2D eigenvalue weighted by atomic mass is 10.1. The van der Waals surface area contributed by atoms with E-state index in [0.717, 1.165) is 6.42 Å². The van der Waals surface area contributed by atoms with Crippen LogP contribution in [0.1, 0.15) is 24.6 Å². The predicted octanol–water partition coefficient (Wildman–Crippen LogP) is 3.80. The Hall–Kier alpha value is -3.28. The quantitative estimate of drug-likeness (QED) is 0.339. The number of ether oxygens (including phenoxy) is 1. The van der Waals surface area contributed by atoms with Gasteiger partial charge in [0.15, 0.2) is 9.84 Å². The van der Waals surface area contributed by atoms with Crippen molar-refractivity contribution >= 4 is 36.7 Å². The van der Waals surface area contributed by atoms with Gasteiger partial charge in [-0.1, -0.05) is 25.1 Å². The third-order valence-electron chi connectivity index (χ3n) is 6.62. The van der Waals surface area contributed by atoms with Gasteiger partial charge in [-0.05, 0) is 61.4 Å². The molecule has 0 N–H and O–H groups in total. The number of aromatic nitrogens is 3. The van der Waals surface area contributed by atoms with Crippen molar-refractivity contribution in [2.75, 3.05) is 30.9 Å². The summed E-state index contributed by atoms with van der Waals surface area (Å²) in [5.41, 5.74) is 3.18. The second kappa shape index (κ2) is 10.1. The first-order valence-electron chi connectivity index (χ1n) is 12.4. The number of benzene rings is 1. The van der Waals surface area contributed by atoms with Crippen molar-refractivity contribution in [1.82, 2.24) is 13.9 Å². The minimum absolute atomic E-state index is 0.121. The molecule has 5 rings (SSSR count). The van der Waals surface area contributed by atoms with Gasteiger partial charge in [-0.25, -0.2) is 30.8 Å². The summed E-state index contributed by atoms with van der Waals surface area (Å²) in [4.78, 5) is 12.0. The molecule has 3 aromatic heterocycles. The molecule has 38 heavy (non-hydrogen) atoms. The van der Waals surface area contributed by atoms with Crippen LogP contribution in [0, 0.1) is 6.92 Å². The van der Waals surface area contributed by atoms with E-state index < -0.39 is 19.9 Å². The summed E-state index contributed by atoms with van der Waals surface area (Å²) in [7, 11) is -7.10. The average molecular weight is 555 g/mol. The van der Waals surface area contributed by atoms with Crippen LogP contribution in [0.25, 0.3) is 22.4 Å². The van der Waals surface area contributed by atoms with Gasteiger partial charge in [-0.3, -0.25) is 0 Å². The van der Waals surface area contributed by atoms with Crippen molar-refractivity contribution in [3.63, 3.8) is 0 Å². The molecule has 0 spiro atoms. The zero-order valence-electron chi connectivity index (χ0n) is 21.5. The summed E-state index contributed by atoms with van der Waals surface area (Å²) < 4.78 is 58.0. The van der Waals surface area contributed by atoms with Gasteiger partial charge in [0.25, 0.3) is 10.0 Å². The van der Waals surface area contributed by atoms with E-state index in [-0.39, 0.29) is 16.7 Å². The highest BCUT2D eigenvalue weighted by molar-refractivity contribution is 7.90. The number of nitrogens with zero attached hydrogens (tertiary/aromatic N) is 4. The van der Waals surface area contributed by atoms with E-state index in [0.29, 0.717) is 59.3 Å². The SMILES string of the molecule is CCC1COCCN1c1cc(CS(C)(=O)=O)cc(-c2ccc3c(cc(C)n3S(=O)(=O)c3ccccc3)n2)n1. The van der Waals surface area contributed by atoms with Gasteiger partial charge < -0.3 is 9.64 Å². The van der Waals surface area contributed by atoms with Crippen molar-refractivity contribution in [3.05, 3.63) is 71.9 Å². The minimum Gasteiger partial charge on any atom is -0.377 e. The second-order valence-corrected chi connectivity index (χ2v) is 13.5. The molecule has 1 fully saturated rings. The summed E-state index contributed by atoms with van der Waals surface area (Å²) in [6.45, 7) is 5.61. The third kappa shape index (κ3) is 5.18. The van der Waals surface area contributed by atoms with Gasteiger partial charge in [0.2, 0.25) is 0 Å². The Morgan fingerprint density at radius 1 is 0.974 bits per heavy atom. The number of anilines is 1. The van der Waals surface area contributed by atoms with Crippen LogP contribution in [0.15, 0.2) is 65.6 Å². The molecule has 4 aromatic rings. The lowest BCUT2D eigenvalue weighted by Gasteiger charge is -2.36. The van der Waals surface area contributed by atoms with Crippen LogP contribution in [0.4, 0.5) is 5.82 Å². The molecule has 1 aliphatic rings. The van der Waals surface area contributed by atoms with Gasteiger partial charge in [0.1, 0.15) is 5.82 Å². The van der Waals surface area contributed by atoms with E-state index in [1.54, 1.807) is 61.5 Å². The second-order valence-electron chi connectivity index (χ2n) is 9.59. The molecular weight excluding hydrogens is 524 g/mol. The van der Waals surface area contributed by atoms with Crippen molar-refractivity contribution in [1.29, 1.82) is 0 Å². The third-order valence-corrected chi connectivity index (χ3v) is 9.32. The summed E-state index contributed by atoms with van der Waals surface area (Å²) in [6, 6.07) is 17.2. The highest BCUT2D eigenvalue weighted by Crippen LogP contribution is 2.30.